The molecule has 11 heteroatoms. The highest BCUT2D eigenvalue weighted by molar-refractivity contribution is 5.96. The second-order valence-electron chi connectivity index (χ2n) is 9.13. The topological polar surface area (TPSA) is 89.8 Å². The summed E-state index contributed by atoms with van der Waals surface area (Å²) in [6, 6.07) is 14.1. The van der Waals surface area contributed by atoms with E-state index in [9.17, 15) is 18.0 Å². The van der Waals surface area contributed by atoms with Crippen molar-refractivity contribution in [2.75, 3.05) is 19.0 Å². The molecule has 0 spiro atoms. The van der Waals surface area contributed by atoms with Gasteiger partial charge >= 0.3 is 6.18 Å². The molecule has 2 aromatic heterocycles. The third-order valence-electron chi connectivity index (χ3n) is 6.11. The number of nitrogens with one attached hydrogen (secondary N) is 2. The highest BCUT2D eigenvalue weighted by Gasteiger charge is 2.27. The Balaban J connectivity index is 1.51. The van der Waals surface area contributed by atoms with Crippen molar-refractivity contribution >= 4 is 17.2 Å². The molecule has 1 aliphatic carbocycles. The van der Waals surface area contributed by atoms with Crippen molar-refractivity contribution in [2.24, 2.45) is 0 Å². The van der Waals surface area contributed by atoms with Crippen LogP contribution in [-0.2, 0) is 0 Å². The van der Waals surface area contributed by atoms with E-state index in [1.807, 2.05) is 13.0 Å². The van der Waals surface area contributed by atoms with Gasteiger partial charge in [0, 0.05) is 35.8 Å². The zero-order valence-corrected chi connectivity index (χ0v) is 20.8. The molecule has 198 valence electrons. The van der Waals surface area contributed by atoms with Crippen LogP contribution >= 0.6 is 0 Å². The number of aromatic nitrogens is 3. The summed E-state index contributed by atoms with van der Waals surface area (Å²) in [5.74, 6) is 1.06. The number of fused-ring (bicyclic) bond motifs is 1. The van der Waals surface area contributed by atoms with Crippen molar-refractivity contribution in [1.82, 2.24) is 19.9 Å². The van der Waals surface area contributed by atoms with Crippen LogP contribution in [0.1, 0.15) is 35.2 Å². The molecule has 0 atom stereocenters. The van der Waals surface area contributed by atoms with Crippen molar-refractivity contribution in [1.29, 1.82) is 0 Å². The summed E-state index contributed by atoms with van der Waals surface area (Å²) in [5.41, 5.74) is 3.37. The third-order valence-corrected chi connectivity index (χ3v) is 6.11. The fourth-order valence-electron chi connectivity index (χ4n) is 4.02. The lowest BCUT2D eigenvalue weighted by atomic mass is 10.0. The number of alkyl halides is 3. The van der Waals surface area contributed by atoms with Crippen molar-refractivity contribution < 1.29 is 27.4 Å². The van der Waals surface area contributed by atoms with E-state index in [0.717, 1.165) is 24.0 Å². The number of rotatable bonds is 9. The molecule has 4 aromatic rings. The van der Waals surface area contributed by atoms with Crippen LogP contribution < -0.4 is 20.1 Å². The summed E-state index contributed by atoms with van der Waals surface area (Å²) in [4.78, 5) is 17.0. The number of imidazole rings is 1. The number of hydrogen-bond acceptors (Lipinski definition) is 6. The monoisotopic (exact) mass is 525 g/mol. The molecule has 0 bridgehead atoms. The molecule has 2 heterocycles. The van der Waals surface area contributed by atoms with Gasteiger partial charge in [0.25, 0.3) is 5.91 Å². The predicted octanol–water partition coefficient (Wildman–Crippen LogP) is 5.76. The summed E-state index contributed by atoms with van der Waals surface area (Å²) >= 11 is 0. The Labute approximate surface area is 216 Å². The lowest BCUT2D eigenvalue weighted by molar-refractivity contribution is -0.131. The molecule has 0 saturated heterocycles. The maximum atomic E-state index is 12.8. The molecular weight excluding hydrogens is 499 g/mol. The van der Waals surface area contributed by atoms with E-state index >= 15 is 0 Å². The van der Waals surface area contributed by atoms with E-state index in [1.165, 1.54) is 17.7 Å². The number of ether oxygens (including phenoxy) is 2. The Morgan fingerprint density at radius 3 is 2.63 bits per heavy atom. The number of benzene rings is 2. The molecule has 8 nitrogen and oxygen atoms in total. The summed E-state index contributed by atoms with van der Waals surface area (Å²) in [7, 11) is 1.53. The molecule has 1 saturated carbocycles. The van der Waals surface area contributed by atoms with Gasteiger partial charge in [-0.2, -0.15) is 13.2 Å². The van der Waals surface area contributed by atoms with Gasteiger partial charge in [0.1, 0.15) is 11.5 Å². The quantitative estimate of drug-likeness (QED) is 0.289. The highest BCUT2D eigenvalue weighted by Crippen LogP contribution is 2.31. The minimum absolute atomic E-state index is 0.113. The zero-order valence-electron chi connectivity index (χ0n) is 20.8. The molecule has 0 aliphatic heterocycles. The van der Waals surface area contributed by atoms with Gasteiger partial charge in [-0.15, -0.1) is 5.10 Å². The standard InChI is InChI=1S/C27H26F3N5O3/c1-16-12-17(6-9-21(16)26(36)33-18-7-8-18)23-15-32-25-22(31-11-10-27(28,29)30)14-24(34-35(23)25)38-20-5-3-4-19(13-20)37-2/h3-6,9,12-15,18,31H,7-8,10-11H2,1-2H3,(H,33,36). The van der Waals surface area contributed by atoms with Gasteiger partial charge in [0.05, 0.1) is 31.1 Å². The smallest absolute Gasteiger partial charge is 0.390 e. The van der Waals surface area contributed by atoms with Crippen LogP contribution in [0.3, 0.4) is 0 Å². The first kappa shape index (κ1) is 25.4. The Kier molecular flexibility index (Phi) is 6.83. The molecule has 1 amide bonds. The largest absolute Gasteiger partial charge is 0.497 e. The number of aryl methyl sites for hydroxylation is 1. The lowest BCUT2D eigenvalue weighted by Gasteiger charge is -2.13. The predicted molar refractivity (Wildman–Crippen MR) is 136 cm³/mol. The first-order chi connectivity index (χ1) is 18.2. The van der Waals surface area contributed by atoms with Crippen LogP contribution in [0.2, 0.25) is 0 Å². The molecule has 38 heavy (non-hydrogen) atoms. The summed E-state index contributed by atoms with van der Waals surface area (Å²) < 4.78 is 51.1. The molecule has 5 rings (SSSR count). The summed E-state index contributed by atoms with van der Waals surface area (Å²) in [6.07, 6.45) is -1.73. The van der Waals surface area contributed by atoms with Crippen molar-refractivity contribution in [2.45, 2.75) is 38.4 Å². The number of halogens is 3. The van der Waals surface area contributed by atoms with Gasteiger partial charge in [-0.25, -0.2) is 9.50 Å². The summed E-state index contributed by atoms with van der Waals surface area (Å²) in [5, 5.41) is 10.4. The van der Waals surface area contributed by atoms with Gasteiger partial charge < -0.3 is 20.1 Å². The van der Waals surface area contributed by atoms with Gasteiger partial charge in [0.15, 0.2) is 5.65 Å². The van der Waals surface area contributed by atoms with Crippen molar-refractivity contribution in [3.8, 4) is 28.6 Å². The maximum absolute atomic E-state index is 12.8. The van der Waals surface area contributed by atoms with Crippen LogP contribution in [0, 0.1) is 6.92 Å². The molecular formula is C27H26F3N5O3. The number of anilines is 1. The Hall–Kier alpha value is -4.28. The Morgan fingerprint density at radius 1 is 1.13 bits per heavy atom. The van der Waals surface area contributed by atoms with Crippen molar-refractivity contribution in [3.63, 3.8) is 0 Å². The first-order valence-electron chi connectivity index (χ1n) is 12.1. The average Bonchev–Trinajstić information content (AvgIpc) is 3.58. The van der Waals surface area contributed by atoms with Crippen LogP contribution in [0.25, 0.3) is 16.9 Å². The van der Waals surface area contributed by atoms with E-state index in [2.05, 4.69) is 20.7 Å². The second-order valence-corrected chi connectivity index (χ2v) is 9.13. The fraction of sp³-hybridized carbons (Fsp3) is 0.296. The first-order valence-corrected chi connectivity index (χ1v) is 12.1. The maximum Gasteiger partial charge on any atom is 0.390 e. The molecule has 2 aromatic carbocycles. The van der Waals surface area contributed by atoms with E-state index in [-0.39, 0.29) is 24.4 Å². The van der Waals surface area contributed by atoms with E-state index < -0.39 is 12.6 Å². The van der Waals surface area contributed by atoms with Crippen molar-refractivity contribution in [3.05, 3.63) is 65.9 Å². The SMILES string of the molecule is COc1cccc(Oc2cc(NCCC(F)(F)F)c3ncc(-c4ccc(C(=O)NC5CC5)c(C)c4)n3n2)c1. The fourth-order valence-corrected chi connectivity index (χ4v) is 4.02. The number of carbonyl (C=O) groups is 1. The lowest BCUT2D eigenvalue weighted by Crippen LogP contribution is -2.26. The van der Waals surface area contributed by atoms with Crippen LogP contribution in [0.4, 0.5) is 18.9 Å². The molecule has 1 fully saturated rings. The Bertz CT molecular complexity index is 1480. The van der Waals surface area contributed by atoms with Gasteiger partial charge in [-0.1, -0.05) is 12.1 Å². The van der Waals surface area contributed by atoms with E-state index in [1.54, 1.807) is 42.6 Å². The van der Waals surface area contributed by atoms with Gasteiger partial charge in [0.2, 0.25) is 5.88 Å². The molecule has 2 N–H and O–H groups in total. The second kappa shape index (κ2) is 10.2. The highest BCUT2D eigenvalue weighted by atomic mass is 19.4. The van der Waals surface area contributed by atoms with Crippen LogP contribution in [0.5, 0.6) is 17.4 Å². The number of carbonyl (C=O) groups excluding carboxylic acids is 1. The molecule has 0 unspecified atom stereocenters. The Morgan fingerprint density at radius 2 is 1.92 bits per heavy atom. The summed E-state index contributed by atoms with van der Waals surface area (Å²) in [6.45, 7) is 1.51. The molecule has 1 aliphatic rings. The third kappa shape index (κ3) is 5.82. The number of hydrogen-bond donors (Lipinski definition) is 2. The molecule has 0 radical (unpaired) electrons. The van der Waals surface area contributed by atoms with Gasteiger partial charge in [-0.3, -0.25) is 4.79 Å². The number of amides is 1. The van der Waals surface area contributed by atoms with Gasteiger partial charge in [-0.05, 0) is 49.6 Å². The number of methoxy groups -OCH3 is 1. The van der Waals surface area contributed by atoms with Crippen LogP contribution in [0.15, 0.2) is 54.7 Å². The number of nitrogens with zero attached hydrogens (tertiary/aromatic N) is 3. The zero-order chi connectivity index (χ0) is 26.9. The minimum atomic E-state index is -4.30. The minimum Gasteiger partial charge on any atom is -0.497 e. The van der Waals surface area contributed by atoms with E-state index in [0.29, 0.717) is 34.1 Å². The van der Waals surface area contributed by atoms with E-state index in [4.69, 9.17) is 9.47 Å². The average molecular weight is 526 g/mol. The normalized spacial score (nSPS) is 13.4. The van der Waals surface area contributed by atoms with Crippen LogP contribution in [-0.4, -0.2) is 46.4 Å².